The standard InChI is InChI=1S/C19H28N2O3/c1-15-8-10-21(19-16(15)5-4-6-17(19)22)18(23)7-2-3-9-20-11-13-24-14-12-20/h4-6,15,22H,2-3,7-14H2,1H3. The molecule has 0 aromatic heterocycles. The predicted molar refractivity (Wildman–Crippen MR) is 94.6 cm³/mol. The molecule has 1 N–H and O–H groups in total. The Morgan fingerprint density at radius 3 is 2.83 bits per heavy atom. The minimum absolute atomic E-state index is 0.131. The Kier molecular flexibility index (Phi) is 5.74. The number of anilines is 1. The SMILES string of the molecule is CC1CCN(C(=O)CCCCN2CCOCC2)c2c(O)cccc21. The Morgan fingerprint density at radius 2 is 2.04 bits per heavy atom. The van der Waals surface area contributed by atoms with Crippen LogP contribution in [0.25, 0.3) is 0 Å². The van der Waals surface area contributed by atoms with Crippen LogP contribution >= 0.6 is 0 Å². The Bertz CT molecular complexity index is 570. The molecule has 0 bridgehead atoms. The summed E-state index contributed by atoms with van der Waals surface area (Å²) in [6.45, 7) is 7.53. The molecule has 2 heterocycles. The number of benzene rings is 1. The molecule has 1 atom stereocenters. The summed E-state index contributed by atoms with van der Waals surface area (Å²) in [4.78, 5) is 16.8. The number of carbonyl (C=O) groups excluding carboxylic acids is 1. The van der Waals surface area contributed by atoms with E-state index < -0.39 is 0 Å². The van der Waals surface area contributed by atoms with Gasteiger partial charge in [-0.3, -0.25) is 9.69 Å². The number of phenols is 1. The molecule has 0 spiro atoms. The zero-order valence-corrected chi connectivity index (χ0v) is 14.5. The van der Waals surface area contributed by atoms with Gasteiger partial charge in [-0.25, -0.2) is 0 Å². The zero-order chi connectivity index (χ0) is 16.9. The number of ether oxygens (including phenoxy) is 1. The van der Waals surface area contributed by atoms with Crippen molar-refractivity contribution in [2.75, 3.05) is 44.3 Å². The van der Waals surface area contributed by atoms with E-state index in [4.69, 9.17) is 4.74 Å². The summed E-state index contributed by atoms with van der Waals surface area (Å²) in [6, 6.07) is 5.56. The van der Waals surface area contributed by atoms with E-state index in [1.807, 2.05) is 12.1 Å². The summed E-state index contributed by atoms with van der Waals surface area (Å²) in [5, 5.41) is 10.2. The molecule has 1 amide bonds. The molecule has 1 aromatic carbocycles. The number of hydrogen-bond donors (Lipinski definition) is 1. The van der Waals surface area contributed by atoms with Gasteiger partial charge >= 0.3 is 0 Å². The normalized spacial score (nSPS) is 21.5. The van der Waals surface area contributed by atoms with Crippen molar-refractivity contribution in [3.05, 3.63) is 23.8 Å². The molecule has 1 saturated heterocycles. The van der Waals surface area contributed by atoms with Crippen molar-refractivity contribution in [2.24, 2.45) is 0 Å². The van der Waals surface area contributed by atoms with Crippen LogP contribution in [0, 0.1) is 0 Å². The maximum atomic E-state index is 12.7. The van der Waals surface area contributed by atoms with Crippen molar-refractivity contribution < 1.29 is 14.6 Å². The summed E-state index contributed by atoms with van der Waals surface area (Å²) >= 11 is 0. The zero-order valence-electron chi connectivity index (χ0n) is 14.5. The molecule has 3 rings (SSSR count). The number of hydrogen-bond acceptors (Lipinski definition) is 4. The molecule has 132 valence electrons. The molecule has 1 fully saturated rings. The number of morpholine rings is 1. The molecule has 1 unspecified atom stereocenters. The Hall–Kier alpha value is -1.59. The van der Waals surface area contributed by atoms with E-state index >= 15 is 0 Å². The van der Waals surface area contributed by atoms with Crippen LogP contribution in [0.4, 0.5) is 5.69 Å². The highest BCUT2D eigenvalue weighted by molar-refractivity contribution is 5.96. The van der Waals surface area contributed by atoms with E-state index in [1.165, 1.54) is 0 Å². The number of para-hydroxylation sites is 1. The molecule has 2 aliphatic heterocycles. The lowest BCUT2D eigenvalue weighted by Gasteiger charge is -2.33. The Labute approximate surface area is 144 Å². The van der Waals surface area contributed by atoms with Gasteiger partial charge in [0.15, 0.2) is 0 Å². The van der Waals surface area contributed by atoms with Crippen molar-refractivity contribution in [1.29, 1.82) is 0 Å². The van der Waals surface area contributed by atoms with Gasteiger partial charge in [-0.2, -0.15) is 0 Å². The molecule has 24 heavy (non-hydrogen) atoms. The fraction of sp³-hybridized carbons (Fsp3) is 0.632. The summed E-state index contributed by atoms with van der Waals surface area (Å²) in [7, 11) is 0. The highest BCUT2D eigenvalue weighted by Gasteiger charge is 2.28. The number of phenolic OH excluding ortho intramolecular Hbond substituents is 1. The van der Waals surface area contributed by atoms with Gasteiger partial charge in [0.05, 0.1) is 18.9 Å². The number of amides is 1. The predicted octanol–water partition coefficient (Wildman–Crippen LogP) is 2.73. The average Bonchev–Trinajstić information content (AvgIpc) is 2.60. The van der Waals surface area contributed by atoms with Crippen molar-refractivity contribution in [3.63, 3.8) is 0 Å². The molecule has 0 radical (unpaired) electrons. The Balaban J connectivity index is 1.53. The second-order valence-corrected chi connectivity index (χ2v) is 6.86. The summed E-state index contributed by atoms with van der Waals surface area (Å²) in [5.41, 5.74) is 1.82. The second-order valence-electron chi connectivity index (χ2n) is 6.86. The van der Waals surface area contributed by atoms with E-state index in [0.29, 0.717) is 18.9 Å². The van der Waals surface area contributed by atoms with E-state index in [9.17, 15) is 9.90 Å². The lowest BCUT2D eigenvalue weighted by molar-refractivity contribution is -0.118. The second kappa shape index (κ2) is 7.99. The largest absolute Gasteiger partial charge is 0.506 e. The molecular formula is C19H28N2O3. The number of nitrogens with zero attached hydrogens (tertiary/aromatic N) is 2. The van der Waals surface area contributed by atoms with Crippen LogP contribution in [0.5, 0.6) is 5.75 Å². The quantitative estimate of drug-likeness (QED) is 0.843. The van der Waals surface area contributed by atoms with Crippen molar-refractivity contribution in [3.8, 4) is 5.75 Å². The van der Waals surface area contributed by atoms with Gasteiger partial charge in [0.2, 0.25) is 5.91 Å². The van der Waals surface area contributed by atoms with E-state index in [2.05, 4.69) is 11.8 Å². The minimum atomic E-state index is 0.131. The highest BCUT2D eigenvalue weighted by Crippen LogP contribution is 2.41. The first-order valence-corrected chi connectivity index (χ1v) is 9.09. The van der Waals surface area contributed by atoms with Crippen molar-refractivity contribution >= 4 is 11.6 Å². The number of carbonyl (C=O) groups is 1. The molecule has 5 nitrogen and oxygen atoms in total. The van der Waals surface area contributed by atoms with Crippen molar-refractivity contribution in [2.45, 2.75) is 38.5 Å². The summed E-state index contributed by atoms with van der Waals surface area (Å²) < 4.78 is 5.35. The van der Waals surface area contributed by atoms with Crippen LogP contribution in [-0.4, -0.2) is 55.3 Å². The van der Waals surface area contributed by atoms with E-state index in [1.54, 1.807) is 11.0 Å². The molecular weight excluding hydrogens is 304 g/mol. The lowest BCUT2D eigenvalue weighted by atomic mass is 9.91. The first-order chi connectivity index (χ1) is 11.7. The molecule has 0 saturated carbocycles. The topological polar surface area (TPSA) is 53.0 Å². The van der Waals surface area contributed by atoms with Crippen LogP contribution in [0.15, 0.2) is 18.2 Å². The van der Waals surface area contributed by atoms with Gasteiger partial charge in [-0.1, -0.05) is 19.1 Å². The third kappa shape index (κ3) is 3.90. The molecule has 5 heteroatoms. The summed E-state index contributed by atoms with van der Waals surface area (Å²) in [5.74, 6) is 0.741. The molecule has 2 aliphatic rings. The number of aromatic hydroxyl groups is 1. The number of rotatable bonds is 5. The van der Waals surface area contributed by atoms with Gasteiger partial charge in [0, 0.05) is 26.1 Å². The lowest BCUT2D eigenvalue weighted by Crippen LogP contribution is -2.37. The summed E-state index contributed by atoms with van der Waals surface area (Å²) in [6.07, 6.45) is 3.43. The van der Waals surface area contributed by atoms with Gasteiger partial charge in [-0.15, -0.1) is 0 Å². The number of fused-ring (bicyclic) bond motifs is 1. The van der Waals surface area contributed by atoms with Gasteiger partial charge in [-0.05, 0) is 43.4 Å². The first kappa shape index (κ1) is 17.2. The van der Waals surface area contributed by atoms with Crippen LogP contribution in [0.2, 0.25) is 0 Å². The monoisotopic (exact) mass is 332 g/mol. The van der Waals surface area contributed by atoms with Gasteiger partial charge in [0.1, 0.15) is 5.75 Å². The van der Waals surface area contributed by atoms with Crippen molar-refractivity contribution in [1.82, 2.24) is 4.90 Å². The fourth-order valence-electron chi connectivity index (χ4n) is 3.65. The van der Waals surface area contributed by atoms with Crippen LogP contribution in [0.1, 0.15) is 44.1 Å². The maximum Gasteiger partial charge on any atom is 0.227 e. The fourth-order valence-corrected chi connectivity index (χ4v) is 3.65. The van der Waals surface area contributed by atoms with Crippen LogP contribution in [0.3, 0.4) is 0 Å². The molecule has 1 aromatic rings. The van der Waals surface area contributed by atoms with E-state index in [-0.39, 0.29) is 11.7 Å². The number of unbranched alkanes of at least 4 members (excludes halogenated alkanes) is 1. The van der Waals surface area contributed by atoms with Crippen LogP contribution in [-0.2, 0) is 9.53 Å². The Morgan fingerprint density at radius 1 is 1.25 bits per heavy atom. The van der Waals surface area contributed by atoms with Gasteiger partial charge < -0.3 is 14.7 Å². The highest BCUT2D eigenvalue weighted by atomic mass is 16.5. The minimum Gasteiger partial charge on any atom is -0.506 e. The van der Waals surface area contributed by atoms with Gasteiger partial charge in [0.25, 0.3) is 0 Å². The molecule has 0 aliphatic carbocycles. The first-order valence-electron chi connectivity index (χ1n) is 9.09. The smallest absolute Gasteiger partial charge is 0.227 e. The maximum absolute atomic E-state index is 12.7. The third-order valence-electron chi connectivity index (χ3n) is 5.15. The van der Waals surface area contributed by atoms with E-state index in [0.717, 1.165) is 63.4 Å². The third-order valence-corrected chi connectivity index (χ3v) is 5.15. The van der Waals surface area contributed by atoms with Crippen LogP contribution < -0.4 is 4.90 Å². The average molecular weight is 332 g/mol.